The summed E-state index contributed by atoms with van der Waals surface area (Å²) in [6, 6.07) is 2.26. The summed E-state index contributed by atoms with van der Waals surface area (Å²) in [5.74, 6) is -2.06. The van der Waals surface area contributed by atoms with Crippen molar-refractivity contribution in [2.24, 2.45) is 16.6 Å². The number of aryl methyl sites for hydroxylation is 1. The zero-order valence-electron chi connectivity index (χ0n) is 21.0. The van der Waals surface area contributed by atoms with Crippen LogP contribution < -0.4 is 24.6 Å². The molecule has 0 bridgehead atoms. The summed E-state index contributed by atoms with van der Waals surface area (Å²) in [6.07, 6.45) is 16.5. The van der Waals surface area contributed by atoms with E-state index in [-0.39, 0.29) is 41.9 Å². The molecule has 30 heavy (non-hydrogen) atoms. The van der Waals surface area contributed by atoms with Gasteiger partial charge < -0.3 is 26.2 Å². The average molecular weight is 419 g/mol. The van der Waals surface area contributed by atoms with Gasteiger partial charge in [-0.25, -0.2) is 9.59 Å². The number of allylic oxidation sites excluding steroid dienone is 6. The van der Waals surface area contributed by atoms with Crippen LogP contribution in [0.3, 0.4) is 0 Å². The standard InChI is InChI=1S/C17H19N3.C4H4O4.Al.Li.4H/c18-9-7-12-3-2-6-15-16(12)19-11-14-5-1-4-13-8-10-20(15)17(13)14;5-3(6)1-2-4(7)8;;;;;;/h2,5-6,8,10-12H,1,3-4,7,9,18H2;1-2H,(H,5,6)(H,7,8);;;;;;/q;;+3;+1;4*-1/b;2-1+;;;;;;. The van der Waals surface area contributed by atoms with E-state index >= 15 is 0 Å². The third-order valence-electron chi connectivity index (χ3n) is 4.85. The molecule has 4 N–H and O–H groups in total. The molecule has 1 unspecified atom stereocenters. The summed E-state index contributed by atoms with van der Waals surface area (Å²) >= 11 is 0. The van der Waals surface area contributed by atoms with E-state index in [1.54, 1.807) is 0 Å². The number of aliphatic carboxylic acids is 2. The maximum Gasteiger partial charge on any atom is 3.00 e. The van der Waals surface area contributed by atoms with Crippen LogP contribution in [0.15, 0.2) is 53.3 Å². The minimum absolute atomic E-state index is 0. The van der Waals surface area contributed by atoms with Crippen LogP contribution in [0.25, 0.3) is 11.3 Å². The number of carbonyl (C=O) groups is 2. The molecule has 1 aliphatic heterocycles. The third kappa shape index (κ3) is 5.98. The summed E-state index contributed by atoms with van der Waals surface area (Å²) in [5.41, 5.74) is 12.2. The van der Waals surface area contributed by atoms with Crippen LogP contribution in [0, 0.1) is 5.92 Å². The minimum Gasteiger partial charge on any atom is -1.00 e. The number of aromatic nitrogens is 1. The van der Waals surface area contributed by atoms with Crippen LogP contribution in [-0.2, 0) is 16.0 Å². The number of hydrogen-bond acceptors (Lipinski definition) is 4. The van der Waals surface area contributed by atoms with Crippen LogP contribution in [0.5, 0.6) is 0 Å². The summed E-state index contributed by atoms with van der Waals surface area (Å²) in [7, 11) is 0. The Kier molecular flexibility index (Phi) is 10.4. The van der Waals surface area contributed by atoms with Gasteiger partial charge >= 0.3 is 48.2 Å². The first-order valence-electron chi connectivity index (χ1n) is 9.21. The molecule has 0 spiro atoms. The number of nitrogens with zero attached hydrogens (tertiary/aromatic N) is 2. The van der Waals surface area contributed by atoms with Gasteiger partial charge in [0, 0.05) is 36.1 Å². The zero-order valence-corrected chi connectivity index (χ0v) is 18.1. The Balaban J connectivity index is -0.000000287. The topological polar surface area (TPSA) is 118 Å². The fourth-order valence-electron chi connectivity index (χ4n) is 3.66. The van der Waals surface area contributed by atoms with Gasteiger partial charge in [-0.1, -0.05) is 12.2 Å². The molecule has 1 atom stereocenters. The van der Waals surface area contributed by atoms with Crippen molar-refractivity contribution in [1.82, 2.24) is 4.57 Å². The molecule has 1 aromatic heterocycles. The molecule has 2 heterocycles. The number of fused-ring (bicyclic) bond motifs is 1. The van der Waals surface area contributed by atoms with Gasteiger partial charge in [0.15, 0.2) is 0 Å². The Bertz CT molecular complexity index is 946. The van der Waals surface area contributed by atoms with Gasteiger partial charge in [0.2, 0.25) is 0 Å². The molecule has 1 aromatic rings. The summed E-state index contributed by atoms with van der Waals surface area (Å²) in [5, 5.41) is 15.6. The van der Waals surface area contributed by atoms with E-state index in [9.17, 15) is 9.59 Å². The Labute approximate surface area is 204 Å². The number of nitrogens with two attached hydrogens (primary N) is 1. The van der Waals surface area contributed by atoms with Crippen LogP contribution in [0.2, 0.25) is 0 Å². The fourth-order valence-corrected chi connectivity index (χ4v) is 3.66. The van der Waals surface area contributed by atoms with Crippen molar-refractivity contribution in [2.75, 3.05) is 6.54 Å². The molecular weight excluding hydrogens is 392 g/mol. The second-order valence-corrected chi connectivity index (χ2v) is 6.71. The van der Waals surface area contributed by atoms with Crippen LogP contribution >= 0.6 is 0 Å². The molecule has 0 saturated carbocycles. The summed E-state index contributed by atoms with van der Waals surface area (Å²) < 4.78 is 2.32. The molecule has 7 nitrogen and oxygen atoms in total. The maximum absolute atomic E-state index is 9.55. The van der Waals surface area contributed by atoms with E-state index in [1.165, 1.54) is 28.2 Å². The van der Waals surface area contributed by atoms with E-state index in [0.717, 1.165) is 32.2 Å². The van der Waals surface area contributed by atoms with Crippen LogP contribution in [-0.4, -0.2) is 56.8 Å². The van der Waals surface area contributed by atoms with Crippen molar-refractivity contribution >= 4 is 46.8 Å². The molecule has 0 fully saturated rings. The predicted octanol–water partition coefficient (Wildman–Crippen LogP) is -0.219. The quantitative estimate of drug-likeness (QED) is 0.461. The Morgan fingerprint density at radius 3 is 2.63 bits per heavy atom. The molecule has 2 aliphatic carbocycles. The SMILES string of the molecule is NCCC1CC=CC2=C1N=CC1=CCCc3ccn2c31.O=C(O)/C=C/C(=O)O.[Al+3].[H-].[H-].[H-].[H-].[Li+]. The van der Waals surface area contributed by atoms with Crippen molar-refractivity contribution < 1.29 is 44.4 Å². The molecule has 4 rings (SSSR count). The number of hydrogen-bond donors (Lipinski definition) is 3. The van der Waals surface area contributed by atoms with E-state index in [1.807, 2.05) is 0 Å². The Morgan fingerprint density at radius 2 is 2.00 bits per heavy atom. The van der Waals surface area contributed by atoms with E-state index < -0.39 is 11.9 Å². The maximum atomic E-state index is 9.55. The molecular formula is C21H27AlLiN3O4. The predicted molar refractivity (Wildman–Crippen MR) is 118 cm³/mol. The van der Waals surface area contributed by atoms with Crippen molar-refractivity contribution in [3.05, 3.63) is 59.6 Å². The van der Waals surface area contributed by atoms with E-state index in [4.69, 9.17) is 20.9 Å². The van der Waals surface area contributed by atoms with Crippen molar-refractivity contribution in [2.45, 2.75) is 25.7 Å². The van der Waals surface area contributed by atoms with Crippen molar-refractivity contribution in [3.8, 4) is 0 Å². The Morgan fingerprint density at radius 1 is 1.30 bits per heavy atom. The second-order valence-electron chi connectivity index (χ2n) is 6.71. The first kappa shape index (κ1) is 26.0. The van der Waals surface area contributed by atoms with Gasteiger partial charge in [-0.3, -0.25) is 4.99 Å². The molecule has 154 valence electrons. The largest absolute Gasteiger partial charge is 3.00 e. The van der Waals surface area contributed by atoms with E-state index in [2.05, 4.69) is 41.3 Å². The minimum atomic E-state index is -1.26. The van der Waals surface area contributed by atoms with Gasteiger partial charge in [0.1, 0.15) is 0 Å². The fraction of sp³-hybridized carbons (Fsp3) is 0.286. The average Bonchev–Trinajstić information content (AvgIpc) is 3.03. The van der Waals surface area contributed by atoms with Crippen molar-refractivity contribution in [3.63, 3.8) is 0 Å². The summed E-state index contributed by atoms with van der Waals surface area (Å²) in [4.78, 5) is 23.9. The first-order chi connectivity index (χ1) is 13.5. The molecule has 3 aliphatic rings. The normalized spacial score (nSPS) is 18.0. The third-order valence-corrected chi connectivity index (χ3v) is 4.85. The van der Waals surface area contributed by atoms with Gasteiger partial charge in [0.25, 0.3) is 0 Å². The van der Waals surface area contributed by atoms with E-state index in [0.29, 0.717) is 18.1 Å². The monoisotopic (exact) mass is 419 g/mol. The van der Waals surface area contributed by atoms with Gasteiger partial charge in [-0.15, -0.1) is 0 Å². The smallest absolute Gasteiger partial charge is 1.00 e. The number of rotatable bonds is 4. The van der Waals surface area contributed by atoms with Crippen molar-refractivity contribution in [1.29, 1.82) is 0 Å². The number of carboxylic acids is 2. The molecule has 9 heteroatoms. The molecule has 0 radical (unpaired) electrons. The first-order valence-corrected chi connectivity index (χ1v) is 9.21. The van der Waals surface area contributed by atoms with Crippen LogP contribution in [0.1, 0.15) is 36.2 Å². The second kappa shape index (κ2) is 12.0. The summed E-state index contributed by atoms with van der Waals surface area (Å²) in [6.45, 7) is 0.720. The number of carboxylic acid groups (broad SMARTS) is 2. The number of aliphatic imine (C=N–C) groups is 1. The molecule has 0 amide bonds. The zero-order chi connectivity index (χ0) is 20.1. The van der Waals surface area contributed by atoms with Gasteiger partial charge in [-0.05, 0) is 49.9 Å². The van der Waals surface area contributed by atoms with Gasteiger partial charge in [0.05, 0.1) is 17.1 Å². The molecule has 0 aromatic carbocycles. The van der Waals surface area contributed by atoms with Gasteiger partial charge in [-0.2, -0.15) is 0 Å². The molecule has 0 saturated heterocycles. The Hall–Kier alpha value is -2.06. The van der Waals surface area contributed by atoms with Crippen LogP contribution in [0.4, 0.5) is 0 Å².